The molecule has 3 atom stereocenters. The van der Waals surface area contributed by atoms with Crippen molar-refractivity contribution < 1.29 is 14.3 Å². The average Bonchev–Trinajstić information content (AvgIpc) is 2.57. The Bertz CT molecular complexity index is 533. The van der Waals surface area contributed by atoms with E-state index in [0.717, 1.165) is 18.4 Å². The van der Waals surface area contributed by atoms with E-state index in [-0.39, 0.29) is 24.4 Å². The third-order valence-electron chi connectivity index (χ3n) is 4.62. The Balaban J connectivity index is 1.98. The van der Waals surface area contributed by atoms with Gasteiger partial charge in [-0.05, 0) is 31.2 Å². The highest BCUT2D eigenvalue weighted by Crippen LogP contribution is 2.24. The van der Waals surface area contributed by atoms with Crippen molar-refractivity contribution in [3.05, 3.63) is 35.9 Å². The minimum atomic E-state index is -0.495. The smallest absolute Gasteiger partial charge is 0.407 e. The zero-order valence-corrected chi connectivity index (χ0v) is 14.6. The number of alkyl carbamates (subject to hydrolysis) is 1. The lowest BCUT2D eigenvalue weighted by atomic mass is 9.86. The molecule has 0 spiro atoms. The number of benzene rings is 1. The molecule has 0 heterocycles. The van der Waals surface area contributed by atoms with Gasteiger partial charge in [-0.3, -0.25) is 4.79 Å². The molecular formula is C19H28N2O3. The van der Waals surface area contributed by atoms with Gasteiger partial charge in [-0.1, -0.05) is 50.1 Å². The first-order valence-corrected chi connectivity index (χ1v) is 8.87. The van der Waals surface area contributed by atoms with Crippen molar-refractivity contribution in [2.75, 3.05) is 6.61 Å². The lowest BCUT2D eigenvalue weighted by Crippen LogP contribution is -2.42. The summed E-state index contributed by atoms with van der Waals surface area (Å²) in [6, 6.07) is 9.39. The van der Waals surface area contributed by atoms with Crippen molar-refractivity contribution >= 4 is 12.0 Å². The van der Waals surface area contributed by atoms with E-state index in [1.807, 2.05) is 30.3 Å². The van der Waals surface area contributed by atoms with E-state index in [1.165, 1.54) is 12.8 Å². The summed E-state index contributed by atoms with van der Waals surface area (Å²) in [4.78, 5) is 24.3. The van der Waals surface area contributed by atoms with Gasteiger partial charge < -0.3 is 15.4 Å². The molecule has 0 aliphatic heterocycles. The predicted molar refractivity (Wildman–Crippen MR) is 93.5 cm³/mol. The van der Waals surface area contributed by atoms with E-state index >= 15 is 0 Å². The fraction of sp³-hybridized carbons (Fsp3) is 0.579. The SMILES string of the molecule is CCOC(=O)N[C@H](CC(=O)N[C@@H]1CCCC[C@H]1C)c1ccccc1. The van der Waals surface area contributed by atoms with Crippen LogP contribution in [0.3, 0.4) is 0 Å². The van der Waals surface area contributed by atoms with Crippen LogP contribution in [0.2, 0.25) is 0 Å². The molecule has 1 saturated carbocycles. The Labute approximate surface area is 144 Å². The van der Waals surface area contributed by atoms with E-state index in [1.54, 1.807) is 6.92 Å². The largest absolute Gasteiger partial charge is 0.450 e. The summed E-state index contributed by atoms with van der Waals surface area (Å²) in [6.07, 6.45) is 4.32. The van der Waals surface area contributed by atoms with E-state index in [0.29, 0.717) is 12.5 Å². The minimum Gasteiger partial charge on any atom is -0.450 e. The number of hydrogen-bond donors (Lipinski definition) is 2. The van der Waals surface area contributed by atoms with Crippen molar-refractivity contribution in [2.24, 2.45) is 5.92 Å². The number of carbonyl (C=O) groups excluding carboxylic acids is 2. The van der Waals surface area contributed by atoms with Gasteiger partial charge in [0.15, 0.2) is 0 Å². The van der Waals surface area contributed by atoms with Gasteiger partial charge in [0.25, 0.3) is 0 Å². The van der Waals surface area contributed by atoms with Crippen LogP contribution in [-0.4, -0.2) is 24.6 Å². The summed E-state index contributed by atoms with van der Waals surface area (Å²) in [7, 11) is 0. The highest BCUT2D eigenvalue weighted by molar-refractivity contribution is 5.78. The Morgan fingerprint density at radius 1 is 1.21 bits per heavy atom. The van der Waals surface area contributed by atoms with E-state index in [2.05, 4.69) is 17.6 Å². The second-order valence-electron chi connectivity index (χ2n) is 6.47. The summed E-state index contributed by atoms with van der Waals surface area (Å²) in [6.45, 7) is 4.25. The first-order chi connectivity index (χ1) is 11.6. The maximum atomic E-state index is 12.5. The Hall–Kier alpha value is -2.04. The van der Waals surface area contributed by atoms with Crippen molar-refractivity contribution in [3.63, 3.8) is 0 Å². The topological polar surface area (TPSA) is 67.4 Å². The van der Waals surface area contributed by atoms with Crippen LogP contribution in [0.4, 0.5) is 4.79 Å². The van der Waals surface area contributed by atoms with Crippen molar-refractivity contribution in [1.29, 1.82) is 0 Å². The van der Waals surface area contributed by atoms with Crippen LogP contribution >= 0.6 is 0 Å². The Morgan fingerprint density at radius 2 is 1.92 bits per heavy atom. The normalized spacial score (nSPS) is 21.6. The quantitative estimate of drug-likeness (QED) is 0.837. The minimum absolute atomic E-state index is 0.0283. The number of amides is 2. The maximum absolute atomic E-state index is 12.5. The second-order valence-corrected chi connectivity index (χ2v) is 6.47. The molecule has 0 radical (unpaired) electrons. The molecule has 5 heteroatoms. The molecule has 0 unspecified atom stereocenters. The number of rotatable bonds is 6. The molecule has 0 bridgehead atoms. The number of nitrogens with one attached hydrogen (secondary N) is 2. The maximum Gasteiger partial charge on any atom is 0.407 e. The van der Waals surface area contributed by atoms with Crippen LogP contribution in [-0.2, 0) is 9.53 Å². The molecular weight excluding hydrogens is 304 g/mol. The van der Waals surface area contributed by atoms with Gasteiger partial charge in [0, 0.05) is 6.04 Å². The highest BCUT2D eigenvalue weighted by Gasteiger charge is 2.25. The average molecular weight is 332 g/mol. The van der Waals surface area contributed by atoms with Crippen LogP contribution < -0.4 is 10.6 Å². The Morgan fingerprint density at radius 3 is 2.58 bits per heavy atom. The van der Waals surface area contributed by atoms with E-state index in [4.69, 9.17) is 4.74 Å². The molecule has 2 N–H and O–H groups in total. The first kappa shape index (κ1) is 18.3. The Kier molecular flexibility index (Phi) is 7.09. The number of hydrogen-bond acceptors (Lipinski definition) is 3. The van der Waals surface area contributed by atoms with E-state index in [9.17, 15) is 9.59 Å². The second kappa shape index (κ2) is 9.30. The van der Waals surface area contributed by atoms with Crippen molar-refractivity contribution in [2.45, 2.75) is 58.0 Å². The van der Waals surface area contributed by atoms with Crippen LogP contribution in [0.25, 0.3) is 0 Å². The fourth-order valence-electron chi connectivity index (χ4n) is 3.23. The summed E-state index contributed by atoms with van der Waals surface area (Å²) < 4.78 is 4.96. The van der Waals surface area contributed by atoms with Gasteiger partial charge in [0.2, 0.25) is 5.91 Å². The molecule has 0 aromatic heterocycles. The molecule has 2 rings (SSSR count). The lowest BCUT2D eigenvalue weighted by molar-refractivity contribution is -0.122. The van der Waals surface area contributed by atoms with Crippen LogP contribution in [0.5, 0.6) is 0 Å². The van der Waals surface area contributed by atoms with Gasteiger partial charge in [-0.2, -0.15) is 0 Å². The highest BCUT2D eigenvalue weighted by atomic mass is 16.5. The molecule has 2 amide bonds. The van der Waals surface area contributed by atoms with Crippen LogP contribution in [0, 0.1) is 5.92 Å². The number of carbonyl (C=O) groups is 2. The van der Waals surface area contributed by atoms with Gasteiger partial charge in [0.05, 0.1) is 19.1 Å². The van der Waals surface area contributed by atoms with Crippen LogP contribution in [0.15, 0.2) is 30.3 Å². The molecule has 1 aromatic carbocycles. The van der Waals surface area contributed by atoms with Gasteiger partial charge in [-0.15, -0.1) is 0 Å². The lowest BCUT2D eigenvalue weighted by Gasteiger charge is -2.30. The molecule has 0 saturated heterocycles. The predicted octanol–water partition coefficient (Wildman–Crippen LogP) is 3.56. The summed E-state index contributed by atoms with van der Waals surface area (Å²) in [5.41, 5.74) is 0.900. The summed E-state index contributed by atoms with van der Waals surface area (Å²) in [5, 5.41) is 5.93. The van der Waals surface area contributed by atoms with Gasteiger partial charge in [-0.25, -0.2) is 4.79 Å². The van der Waals surface area contributed by atoms with E-state index < -0.39 is 6.09 Å². The first-order valence-electron chi connectivity index (χ1n) is 8.87. The van der Waals surface area contributed by atoms with Gasteiger partial charge in [0.1, 0.15) is 0 Å². The zero-order chi connectivity index (χ0) is 17.4. The molecule has 24 heavy (non-hydrogen) atoms. The molecule has 1 aliphatic rings. The molecule has 1 aliphatic carbocycles. The summed E-state index contributed by atoms with van der Waals surface area (Å²) >= 11 is 0. The monoisotopic (exact) mass is 332 g/mol. The third kappa shape index (κ3) is 5.55. The summed E-state index contributed by atoms with van der Waals surface area (Å²) in [5.74, 6) is 0.482. The van der Waals surface area contributed by atoms with Crippen molar-refractivity contribution in [3.8, 4) is 0 Å². The molecule has 1 aromatic rings. The fourth-order valence-corrected chi connectivity index (χ4v) is 3.23. The zero-order valence-electron chi connectivity index (χ0n) is 14.6. The molecule has 1 fully saturated rings. The van der Waals surface area contributed by atoms with Crippen molar-refractivity contribution in [1.82, 2.24) is 10.6 Å². The molecule has 132 valence electrons. The standard InChI is InChI=1S/C19H28N2O3/c1-3-24-19(23)21-17(15-10-5-4-6-11-15)13-18(22)20-16-12-8-7-9-14(16)2/h4-6,10-11,14,16-17H,3,7-9,12-13H2,1-2H3,(H,20,22)(H,21,23)/t14-,16-,17-/m1/s1. The molecule has 5 nitrogen and oxygen atoms in total. The number of ether oxygens (including phenoxy) is 1. The third-order valence-corrected chi connectivity index (χ3v) is 4.62. The van der Waals surface area contributed by atoms with Gasteiger partial charge >= 0.3 is 6.09 Å². The van der Waals surface area contributed by atoms with Crippen LogP contribution in [0.1, 0.15) is 57.6 Å².